The Balaban J connectivity index is 2.16. The van der Waals surface area contributed by atoms with E-state index in [1.807, 2.05) is 0 Å². The Morgan fingerprint density at radius 1 is 1.33 bits per heavy atom. The fourth-order valence-electron chi connectivity index (χ4n) is 3.37. The van der Waals surface area contributed by atoms with E-state index in [4.69, 9.17) is 0 Å². The van der Waals surface area contributed by atoms with Crippen molar-refractivity contribution in [1.29, 1.82) is 0 Å². The Morgan fingerprint density at radius 3 is 2.42 bits per heavy atom. The fourth-order valence-corrected chi connectivity index (χ4v) is 3.37. The van der Waals surface area contributed by atoms with E-state index in [0.29, 0.717) is 17.3 Å². The minimum absolute atomic E-state index is 0.363. The second-order valence-electron chi connectivity index (χ2n) is 5.26. The first-order valence-electron chi connectivity index (χ1n) is 5.02. The molecule has 0 amide bonds. The molecule has 2 bridgehead atoms. The molecular weight excluding hydrogens is 148 g/mol. The topological polar surface area (TPSA) is 17.1 Å². The van der Waals surface area contributed by atoms with Crippen molar-refractivity contribution in [3.05, 3.63) is 0 Å². The number of aldehydes is 1. The van der Waals surface area contributed by atoms with Crippen LogP contribution in [0.4, 0.5) is 0 Å². The van der Waals surface area contributed by atoms with Gasteiger partial charge in [0.2, 0.25) is 0 Å². The average molecular weight is 166 g/mol. The molecule has 1 nitrogen and oxygen atoms in total. The summed E-state index contributed by atoms with van der Waals surface area (Å²) in [6.45, 7) is 6.98. The number of hydrogen-bond acceptors (Lipinski definition) is 1. The highest BCUT2D eigenvalue weighted by Gasteiger charge is 2.55. The molecule has 12 heavy (non-hydrogen) atoms. The maximum atomic E-state index is 10.7. The Kier molecular flexibility index (Phi) is 1.61. The minimum atomic E-state index is 0.363. The predicted molar refractivity (Wildman–Crippen MR) is 48.7 cm³/mol. The van der Waals surface area contributed by atoms with Crippen molar-refractivity contribution in [2.24, 2.45) is 29.1 Å². The van der Waals surface area contributed by atoms with E-state index in [1.54, 1.807) is 0 Å². The van der Waals surface area contributed by atoms with Gasteiger partial charge in [-0.1, -0.05) is 20.8 Å². The van der Waals surface area contributed by atoms with Crippen molar-refractivity contribution in [1.82, 2.24) is 0 Å². The van der Waals surface area contributed by atoms with Crippen LogP contribution < -0.4 is 0 Å². The molecular formula is C11H18O. The van der Waals surface area contributed by atoms with Gasteiger partial charge in [0.15, 0.2) is 0 Å². The van der Waals surface area contributed by atoms with Gasteiger partial charge in [-0.05, 0) is 36.0 Å². The van der Waals surface area contributed by atoms with Crippen LogP contribution in [0.2, 0.25) is 0 Å². The van der Waals surface area contributed by atoms with Crippen molar-refractivity contribution in [2.75, 3.05) is 0 Å². The molecule has 3 aliphatic carbocycles. The Hall–Kier alpha value is -0.330. The molecule has 0 unspecified atom stereocenters. The second kappa shape index (κ2) is 2.34. The molecule has 3 aliphatic rings. The highest BCUT2D eigenvalue weighted by molar-refractivity contribution is 5.55. The monoisotopic (exact) mass is 166 g/mol. The molecule has 0 radical (unpaired) electrons. The van der Waals surface area contributed by atoms with Crippen molar-refractivity contribution in [3.63, 3.8) is 0 Å². The highest BCUT2D eigenvalue weighted by Crippen LogP contribution is 2.62. The molecule has 0 N–H and O–H groups in total. The summed E-state index contributed by atoms with van der Waals surface area (Å²) in [4.78, 5) is 10.7. The number of fused-ring (bicyclic) bond motifs is 2. The third-order valence-electron chi connectivity index (χ3n) is 4.59. The van der Waals surface area contributed by atoms with Gasteiger partial charge in [-0.25, -0.2) is 0 Å². The standard InChI is InChI=1S/C11H18O/c1-7-8(6-12)4-9-5-10(7)11(9,2)3/h6-10H,4-5H2,1-3H3/t7-,8-,9-,10+/m0/s1. The Bertz CT molecular complexity index is 207. The molecule has 0 aromatic heterocycles. The first-order chi connectivity index (χ1) is 5.57. The SMILES string of the molecule is C[C@H]1[C@H](C=O)C[C@H]2C[C@H]1C2(C)C. The maximum Gasteiger partial charge on any atom is 0.123 e. The molecule has 4 atom stereocenters. The zero-order valence-corrected chi connectivity index (χ0v) is 8.21. The summed E-state index contributed by atoms with van der Waals surface area (Å²) < 4.78 is 0. The smallest absolute Gasteiger partial charge is 0.123 e. The molecule has 0 aromatic rings. The van der Waals surface area contributed by atoms with Crippen molar-refractivity contribution >= 4 is 6.29 Å². The van der Waals surface area contributed by atoms with E-state index in [0.717, 1.165) is 18.3 Å². The number of rotatable bonds is 1. The Morgan fingerprint density at radius 2 is 2.00 bits per heavy atom. The van der Waals surface area contributed by atoms with Crippen molar-refractivity contribution in [3.8, 4) is 0 Å². The van der Waals surface area contributed by atoms with Gasteiger partial charge in [0.05, 0.1) is 0 Å². The van der Waals surface area contributed by atoms with E-state index in [1.165, 1.54) is 12.7 Å². The van der Waals surface area contributed by atoms with Crippen LogP contribution in [0.3, 0.4) is 0 Å². The molecule has 0 spiro atoms. The molecule has 68 valence electrons. The molecule has 0 saturated heterocycles. The van der Waals surface area contributed by atoms with Gasteiger partial charge in [-0.3, -0.25) is 0 Å². The van der Waals surface area contributed by atoms with E-state index in [2.05, 4.69) is 20.8 Å². The van der Waals surface area contributed by atoms with Crippen LogP contribution in [-0.4, -0.2) is 6.29 Å². The van der Waals surface area contributed by atoms with Crippen LogP contribution in [-0.2, 0) is 4.79 Å². The summed E-state index contributed by atoms with van der Waals surface area (Å²) >= 11 is 0. The van der Waals surface area contributed by atoms with Gasteiger partial charge in [0.25, 0.3) is 0 Å². The quantitative estimate of drug-likeness (QED) is 0.547. The average Bonchev–Trinajstić information content (AvgIpc) is 2.03. The van der Waals surface area contributed by atoms with Crippen molar-refractivity contribution in [2.45, 2.75) is 33.6 Å². The highest BCUT2D eigenvalue weighted by atomic mass is 16.1. The third kappa shape index (κ3) is 0.826. The molecule has 3 fully saturated rings. The molecule has 1 heteroatoms. The second-order valence-corrected chi connectivity index (χ2v) is 5.26. The summed E-state index contributed by atoms with van der Waals surface area (Å²) in [5.74, 6) is 2.63. The van der Waals surface area contributed by atoms with Crippen LogP contribution in [0.1, 0.15) is 33.6 Å². The summed E-state index contributed by atoms with van der Waals surface area (Å²) in [7, 11) is 0. The van der Waals surface area contributed by atoms with Gasteiger partial charge in [0, 0.05) is 5.92 Å². The molecule has 3 rings (SSSR count). The zero-order valence-electron chi connectivity index (χ0n) is 8.21. The predicted octanol–water partition coefficient (Wildman–Crippen LogP) is 2.50. The van der Waals surface area contributed by atoms with Gasteiger partial charge in [0.1, 0.15) is 6.29 Å². The summed E-state index contributed by atoms with van der Waals surface area (Å²) in [6.07, 6.45) is 3.70. The van der Waals surface area contributed by atoms with Gasteiger partial charge >= 0.3 is 0 Å². The number of carbonyl (C=O) groups excluding carboxylic acids is 1. The lowest BCUT2D eigenvalue weighted by molar-refractivity contribution is -0.142. The zero-order chi connectivity index (χ0) is 8.93. The van der Waals surface area contributed by atoms with Crippen molar-refractivity contribution < 1.29 is 4.79 Å². The van der Waals surface area contributed by atoms with Crippen LogP contribution in [0.25, 0.3) is 0 Å². The number of carbonyl (C=O) groups is 1. The minimum Gasteiger partial charge on any atom is -0.303 e. The molecule has 0 aliphatic heterocycles. The molecule has 3 saturated carbocycles. The van der Waals surface area contributed by atoms with E-state index >= 15 is 0 Å². The van der Waals surface area contributed by atoms with Crippen LogP contribution in [0, 0.1) is 29.1 Å². The molecule has 0 aromatic carbocycles. The van der Waals surface area contributed by atoms with Gasteiger partial charge in [-0.15, -0.1) is 0 Å². The van der Waals surface area contributed by atoms with Crippen LogP contribution in [0.5, 0.6) is 0 Å². The van der Waals surface area contributed by atoms with E-state index in [9.17, 15) is 4.79 Å². The lowest BCUT2D eigenvalue weighted by Gasteiger charge is -2.61. The first kappa shape index (κ1) is 8.28. The van der Waals surface area contributed by atoms with Gasteiger partial charge in [-0.2, -0.15) is 0 Å². The normalized spacial score (nSPS) is 49.6. The summed E-state index contributed by atoms with van der Waals surface area (Å²) in [5, 5.41) is 0. The van der Waals surface area contributed by atoms with Crippen LogP contribution >= 0.6 is 0 Å². The largest absolute Gasteiger partial charge is 0.303 e. The maximum absolute atomic E-state index is 10.7. The van der Waals surface area contributed by atoms with E-state index in [-0.39, 0.29) is 0 Å². The number of hydrogen-bond donors (Lipinski definition) is 0. The lowest BCUT2D eigenvalue weighted by atomic mass is 9.44. The van der Waals surface area contributed by atoms with E-state index < -0.39 is 0 Å². The first-order valence-corrected chi connectivity index (χ1v) is 5.02. The summed E-state index contributed by atoms with van der Waals surface area (Å²) in [5.41, 5.74) is 0.527. The fraction of sp³-hybridized carbons (Fsp3) is 0.909. The lowest BCUT2D eigenvalue weighted by Crippen LogP contribution is -2.55. The van der Waals surface area contributed by atoms with Crippen LogP contribution in [0.15, 0.2) is 0 Å². The third-order valence-corrected chi connectivity index (χ3v) is 4.59. The summed E-state index contributed by atoms with van der Waals surface area (Å²) in [6, 6.07) is 0. The van der Waals surface area contributed by atoms with Gasteiger partial charge < -0.3 is 4.79 Å². The Labute approximate surface area is 74.5 Å². The molecule has 0 heterocycles.